The van der Waals surface area contributed by atoms with E-state index in [0.29, 0.717) is 16.9 Å². The molecule has 1 aromatic heterocycles. The van der Waals surface area contributed by atoms with Crippen molar-refractivity contribution >= 4 is 16.9 Å². The molecule has 0 aliphatic rings. The maximum atomic E-state index is 13.5. The fourth-order valence-corrected chi connectivity index (χ4v) is 1.72. The van der Waals surface area contributed by atoms with Gasteiger partial charge in [-0.1, -0.05) is 12.1 Å². The molecule has 0 saturated heterocycles. The number of carboxylic acid groups (broad SMARTS) is 1. The Kier molecular flexibility index (Phi) is 2.99. The first-order valence-corrected chi connectivity index (χ1v) is 5.21. The van der Waals surface area contributed by atoms with Crippen LogP contribution in [0.4, 0.5) is 4.39 Å². The van der Waals surface area contributed by atoms with E-state index >= 15 is 0 Å². The average molecular weight is 234 g/mol. The number of hydrogen-bond donors (Lipinski definition) is 1. The number of para-hydroxylation sites is 1. The fraction of sp³-hybridized carbons (Fsp3) is 0.250. The molecule has 1 N–H and O–H groups in total. The smallest absolute Gasteiger partial charge is 0.303 e. The largest absolute Gasteiger partial charge is 0.481 e. The van der Waals surface area contributed by atoms with Gasteiger partial charge in [-0.05, 0) is 13.0 Å². The van der Waals surface area contributed by atoms with E-state index in [9.17, 15) is 9.18 Å². The Bertz CT molecular complexity index is 584. The summed E-state index contributed by atoms with van der Waals surface area (Å²) in [7, 11) is 0. The van der Waals surface area contributed by atoms with E-state index < -0.39 is 11.8 Å². The van der Waals surface area contributed by atoms with Gasteiger partial charge in [-0.15, -0.1) is 0 Å². The predicted molar refractivity (Wildman–Crippen MR) is 60.2 cm³/mol. The number of hydrogen-bond acceptors (Lipinski definition) is 3. The van der Waals surface area contributed by atoms with Crippen molar-refractivity contribution in [2.45, 2.75) is 19.8 Å². The van der Waals surface area contributed by atoms with Crippen LogP contribution in [-0.4, -0.2) is 21.0 Å². The van der Waals surface area contributed by atoms with Gasteiger partial charge in [-0.3, -0.25) is 4.79 Å². The van der Waals surface area contributed by atoms with Crippen LogP contribution >= 0.6 is 0 Å². The Hall–Kier alpha value is -2.04. The number of carbonyl (C=O) groups is 1. The second-order valence-corrected chi connectivity index (χ2v) is 3.75. The van der Waals surface area contributed by atoms with Crippen LogP contribution in [0.5, 0.6) is 0 Å². The normalized spacial score (nSPS) is 10.7. The highest BCUT2D eigenvalue weighted by Gasteiger charge is 2.10. The third-order valence-electron chi connectivity index (χ3n) is 2.44. The molecule has 0 amide bonds. The molecule has 0 aliphatic carbocycles. The third kappa shape index (κ3) is 2.38. The first kappa shape index (κ1) is 11.4. The van der Waals surface area contributed by atoms with Gasteiger partial charge in [-0.2, -0.15) is 0 Å². The Morgan fingerprint density at radius 2 is 2.18 bits per heavy atom. The molecule has 4 nitrogen and oxygen atoms in total. The van der Waals surface area contributed by atoms with E-state index in [4.69, 9.17) is 5.11 Å². The molecule has 2 rings (SSSR count). The minimum atomic E-state index is -0.897. The molecule has 1 aromatic carbocycles. The summed E-state index contributed by atoms with van der Waals surface area (Å²) in [6.45, 7) is 1.66. The topological polar surface area (TPSA) is 63.1 Å². The van der Waals surface area contributed by atoms with Gasteiger partial charge in [0.1, 0.15) is 17.2 Å². The average Bonchev–Trinajstić information content (AvgIpc) is 2.27. The van der Waals surface area contributed by atoms with Gasteiger partial charge < -0.3 is 5.11 Å². The summed E-state index contributed by atoms with van der Waals surface area (Å²) in [5, 5.41) is 9.23. The molecule has 0 aliphatic heterocycles. The lowest BCUT2D eigenvalue weighted by atomic mass is 10.1. The van der Waals surface area contributed by atoms with Crippen LogP contribution in [0.15, 0.2) is 18.2 Å². The summed E-state index contributed by atoms with van der Waals surface area (Å²) in [5.74, 6) is -0.863. The van der Waals surface area contributed by atoms with Gasteiger partial charge in [0.05, 0.1) is 12.1 Å². The number of halogens is 1. The van der Waals surface area contributed by atoms with Crippen molar-refractivity contribution in [3.05, 3.63) is 35.5 Å². The molecule has 1 heterocycles. The molecule has 88 valence electrons. The lowest BCUT2D eigenvalue weighted by Gasteiger charge is -2.06. The van der Waals surface area contributed by atoms with E-state index in [1.807, 2.05) is 0 Å². The summed E-state index contributed by atoms with van der Waals surface area (Å²) in [6, 6.07) is 4.60. The van der Waals surface area contributed by atoms with E-state index in [2.05, 4.69) is 9.97 Å². The monoisotopic (exact) mass is 234 g/mol. The second-order valence-electron chi connectivity index (χ2n) is 3.75. The lowest BCUT2D eigenvalue weighted by Crippen LogP contribution is -2.03. The third-order valence-corrected chi connectivity index (χ3v) is 2.44. The molecule has 0 fully saturated rings. The Morgan fingerprint density at radius 1 is 1.41 bits per heavy atom. The van der Waals surface area contributed by atoms with Crippen molar-refractivity contribution in [1.82, 2.24) is 9.97 Å². The first-order valence-electron chi connectivity index (χ1n) is 5.21. The van der Waals surface area contributed by atoms with Crippen LogP contribution in [-0.2, 0) is 11.2 Å². The van der Waals surface area contributed by atoms with Crippen LogP contribution in [0.25, 0.3) is 10.9 Å². The molecule has 17 heavy (non-hydrogen) atoms. The molecular weight excluding hydrogens is 223 g/mol. The van der Waals surface area contributed by atoms with E-state index in [1.54, 1.807) is 19.1 Å². The highest BCUT2D eigenvalue weighted by molar-refractivity contribution is 5.82. The maximum Gasteiger partial charge on any atom is 0.303 e. The van der Waals surface area contributed by atoms with E-state index in [-0.39, 0.29) is 18.4 Å². The van der Waals surface area contributed by atoms with Crippen molar-refractivity contribution < 1.29 is 14.3 Å². The molecule has 0 saturated carbocycles. The molecule has 0 atom stereocenters. The molecule has 0 unspecified atom stereocenters. The number of fused-ring (bicyclic) bond motifs is 1. The fourth-order valence-electron chi connectivity index (χ4n) is 1.72. The Morgan fingerprint density at radius 3 is 2.88 bits per heavy atom. The first-order chi connectivity index (χ1) is 8.08. The second kappa shape index (κ2) is 4.45. The molecular formula is C12H11FN2O2. The summed E-state index contributed by atoms with van der Waals surface area (Å²) in [6.07, 6.45) is 0.251. The zero-order chi connectivity index (χ0) is 12.4. The van der Waals surface area contributed by atoms with Gasteiger partial charge in [0.25, 0.3) is 0 Å². The van der Waals surface area contributed by atoms with Crippen molar-refractivity contribution in [3.63, 3.8) is 0 Å². The number of aryl methyl sites for hydroxylation is 2. The van der Waals surface area contributed by atoms with Crippen LogP contribution in [0.3, 0.4) is 0 Å². The highest BCUT2D eigenvalue weighted by atomic mass is 19.1. The number of carboxylic acids is 1. The SMILES string of the molecule is Cc1nc(CCC(=O)O)c2cccc(F)c2n1. The summed E-state index contributed by atoms with van der Waals surface area (Å²) < 4.78 is 13.5. The Balaban J connectivity index is 2.54. The van der Waals surface area contributed by atoms with Gasteiger partial charge in [0, 0.05) is 11.8 Å². The minimum Gasteiger partial charge on any atom is -0.481 e. The number of aromatic nitrogens is 2. The molecule has 0 radical (unpaired) electrons. The number of aliphatic carboxylic acids is 1. The van der Waals surface area contributed by atoms with Gasteiger partial charge in [0.15, 0.2) is 0 Å². The van der Waals surface area contributed by atoms with Gasteiger partial charge in [0.2, 0.25) is 0 Å². The van der Waals surface area contributed by atoms with Crippen molar-refractivity contribution in [2.24, 2.45) is 0 Å². The van der Waals surface area contributed by atoms with Crippen molar-refractivity contribution in [1.29, 1.82) is 0 Å². The zero-order valence-electron chi connectivity index (χ0n) is 9.27. The summed E-state index contributed by atoms with van der Waals surface area (Å²) in [5.41, 5.74) is 0.829. The molecule has 5 heteroatoms. The van der Waals surface area contributed by atoms with Crippen molar-refractivity contribution in [2.75, 3.05) is 0 Å². The molecule has 0 bridgehead atoms. The maximum absolute atomic E-state index is 13.5. The Labute approximate surface area is 97.1 Å². The van der Waals surface area contributed by atoms with Gasteiger partial charge in [-0.25, -0.2) is 14.4 Å². The number of nitrogens with zero attached hydrogens (tertiary/aromatic N) is 2. The van der Waals surface area contributed by atoms with Crippen LogP contribution in [0.1, 0.15) is 17.9 Å². The van der Waals surface area contributed by atoms with Crippen molar-refractivity contribution in [3.8, 4) is 0 Å². The van der Waals surface area contributed by atoms with Crippen LogP contribution in [0, 0.1) is 12.7 Å². The summed E-state index contributed by atoms with van der Waals surface area (Å²) >= 11 is 0. The van der Waals surface area contributed by atoms with E-state index in [1.165, 1.54) is 6.07 Å². The molecule has 0 spiro atoms. The van der Waals surface area contributed by atoms with Crippen LogP contribution < -0.4 is 0 Å². The van der Waals surface area contributed by atoms with Crippen LogP contribution in [0.2, 0.25) is 0 Å². The predicted octanol–water partition coefficient (Wildman–Crippen LogP) is 2.09. The number of rotatable bonds is 3. The van der Waals surface area contributed by atoms with E-state index in [0.717, 1.165) is 0 Å². The standard InChI is InChI=1S/C12H11FN2O2/c1-7-14-10(5-6-11(16)17)8-3-2-4-9(13)12(8)15-7/h2-4H,5-6H2,1H3,(H,16,17). The minimum absolute atomic E-state index is 0.0257. The lowest BCUT2D eigenvalue weighted by molar-refractivity contribution is -0.136. The summed E-state index contributed by atoms with van der Waals surface area (Å²) in [4.78, 5) is 18.7. The van der Waals surface area contributed by atoms with Gasteiger partial charge >= 0.3 is 5.97 Å². The number of benzene rings is 1. The highest BCUT2D eigenvalue weighted by Crippen LogP contribution is 2.19. The quantitative estimate of drug-likeness (QED) is 0.883. The zero-order valence-corrected chi connectivity index (χ0v) is 9.27. The molecule has 2 aromatic rings.